The van der Waals surface area contributed by atoms with Crippen LogP contribution >= 0.6 is 24.0 Å². The number of rotatable bonds is 6. The van der Waals surface area contributed by atoms with Gasteiger partial charge in [0.25, 0.3) is 0 Å². The molecule has 1 aliphatic heterocycles. The molecule has 5 heteroatoms. The highest BCUT2D eigenvalue weighted by molar-refractivity contribution is 14.0. The second-order valence-electron chi connectivity index (χ2n) is 6.66. The summed E-state index contributed by atoms with van der Waals surface area (Å²) in [4.78, 5) is 6.93. The van der Waals surface area contributed by atoms with Crippen molar-refractivity contribution in [2.45, 2.75) is 40.5 Å². The third kappa shape index (κ3) is 9.00. The average Bonchev–Trinajstić information content (AvgIpc) is 2.33. The zero-order valence-corrected chi connectivity index (χ0v) is 15.9. The molecule has 1 rings (SSSR count). The van der Waals surface area contributed by atoms with Crippen LogP contribution in [0.2, 0.25) is 0 Å². The number of hydrogen-bond acceptors (Lipinski definition) is 2. The van der Waals surface area contributed by atoms with E-state index in [4.69, 9.17) is 5.73 Å². The summed E-state index contributed by atoms with van der Waals surface area (Å²) >= 11 is 0. The molecular weight excluding hydrogens is 363 g/mol. The van der Waals surface area contributed by atoms with Crippen LogP contribution in [-0.4, -0.2) is 43.6 Å². The fraction of sp³-hybridized carbons (Fsp3) is 0.933. The van der Waals surface area contributed by atoms with E-state index >= 15 is 0 Å². The van der Waals surface area contributed by atoms with Gasteiger partial charge in [0.15, 0.2) is 5.96 Å². The van der Waals surface area contributed by atoms with Crippen molar-refractivity contribution in [1.82, 2.24) is 10.2 Å². The Labute approximate surface area is 142 Å². The van der Waals surface area contributed by atoms with Crippen LogP contribution in [0.25, 0.3) is 0 Å². The molecule has 1 aliphatic rings. The third-order valence-corrected chi connectivity index (χ3v) is 3.43. The lowest BCUT2D eigenvalue weighted by Gasteiger charge is -2.33. The highest BCUT2D eigenvalue weighted by Crippen LogP contribution is 2.16. The molecule has 20 heavy (non-hydrogen) atoms. The molecule has 0 aromatic rings. The van der Waals surface area contributed by atoms with Gasteiger partial charge >= 0.3 is 0 Å². The predicted molar refractivity (Wildman–Crippen MR) is 98.7 cm³/mol. The number of guanidine groups is 1. The molecule has 4 nitrogen and oxygen atoms in total. The molecule has 0 spiro atoms. The fourth-order valence-electron chi connectivity index (χ4n) is 2.59. The van der Waals surface area contributed by atoms with Gasteiger partial charge in [0.1, 0.15) is 0 Å². The average molecular weight is 396 g/mol. The van der Waals surface area contributed by atoms with E-state index in [1.54, 1.807) is 0 Å². The van der Waals surface area contributed by atoms with E-state index in [2.05, 4.69) is 42.9 Å². The highest BCUT2D eigenvalue weighted by atomic mass is 127. The fourth-order valence-corrected chi connectivity index (χ4v) is 2.59. The van der Waals surface area contributed by atoms with Gasteiger partial charge in [0.2, 0.25) is 0 Å². The monoisotopic (exact) mass is 396 g/mol. The van der Waals surface area contributed by atoms with Crippen LogP contribution < -0.4 is 11.1 Å². The molecule has 1 fully saturated rings. The van der Waals surface area contributed by atoms with Crippen LogP contribution in [0.1, 0.15) is 40.5 Å². The van der Waals surface area contributed by atoms with Gasteiger partial charge in [-0.2, -0.15) is 0 Å². The van der Waals surface area contributed by atoms with Gasteiger partial charge in [-0.05, 0) is 37.1 Å². The SMILES string of the molecule is CC(C)CN=C(N)NCC1CCCN(CC(C)C)C1.I. The molecule has 1 heterocycles. The summed E-state index contributed by atoms with van der Waals surface area (Å²) in [6, 6.07) is 0. The van der Waals surface area contributed by atoms with Crippen LogP contribution in [-0.2, 0) is 0 Å². The van der Waals surface area contributed by atoms with E-state index in [0.717, 1.165) is 19.0 Å². The molecule has 0 saturated carbocycles. The number of likely N-dealkylation sites (tertiary alicyclic amines) is 1. The first kappa shape index (κ1) is 20.0. The van der Waals surface area contributed by atoms with Crippen LogP contribution in [0.4, 0.5) is 0 Å². The van der Waals surface area contributed by atoms with Gasteiger partial charge in [0, 0.05) is 26.2 Å². The van der Waals surface area contributed by atoms with Gasteiger partial charge in [-0.3, -0.25) is 4.99 Å². The Morgan fingerprint density at radius 3 is 2.60 bits per heavy atom. The maximum atomic E-state index is 5.88. The Kier molecular flexibility index (Phi) is 10.6. The number of hydrogen-bond donors (Lipinski definition) is 2. The minimum atomic E-state index is 0. The van der Waals surface area contributed by atoms with E-state index in [0.29, 0.717) is 17.8 Å². The van der Waals surface area contributed by atoms with Crippen molar-refractivity contribution < 1.29 is 0 Å². The molecule has 0 aromatic heterocycles. The summed E-state index contributed by atoms with van der Waals surface area (Å²) in [6.07, 6.45) is 2.61. The van der Waals surface area contributed by atoms with Gasteiger partial charge < -0.3 is 16.0 Å². The molecule has 0 amide bonds. The van der Waals surface area contributed by atoms with Crippen LogP contribution in [0.5, 0.6) is 0 Å². The van der Waals surface area contributed by atoms with Crippen molar-refractivity contribution in [2.75, 3.05) is 32.7 Å². The topological polar surface area (TPSA) is 53.6 Å². The molecule has 0 aliphatic carbocycles. The molecule has 1 atom stereocenters. The van der Waals surface area contributed by atoms with Crippen LogP contribution in [0.15, 0.2) is 4.99 Å². The number of nitrogens with one attached hydrogen (secondary N) is 1. The van der Waals surface area contributed by atoms with Crippen molar-refractivity contribution in [3.63, 3.8) is 0 Å². The van der Waals surface area contributed by atoms with Crippen LogP contribution in [0, 0.1) is 17.8 Å². The lowest BCUT2D eigenvalue weighted by atomic mass is 9.97. The first-order chi connectivity index (χ1) is 8.97. The van der Waals surface area contributed by atoms with E-state index < -0.39 is 0 Å². The Bertz CT molecular complexity index is 279. The Hall–Kier alpha value is -0.0400. The number of aliphatic imine (C=N–C) groups is 1. The molecule has 1 saturated heterocycles. The Morgan fingerprint density at radius 1 is 1.30 bits per heavy atom. The number of piperidine rings is 1. The molecule has 3 N–H and O–H groups in total. The minimum Gasteiger partial charge on any atom is -0.370 e. The summed E-state index contributed by atoms with van der Waals surface area (Å²) in [6.45, 7) is 14.3. The Balaban J connectivity index is 0.00000361. The van der Waals surface area contributed by atoms with Gasteiger partial charge in [-0.15, -0.1) is 24.0 Å². The molecular formula is C15H33IN4. The maximum absolute atomic E-state index is 5.88. The molecule has 0 radical (unpaired) electrons. The number of nitrogens with zero attached hydrogens (tertiary/aromatic N) is 2. The first-order valence-electron chi connectivity index (χ1n) is 7.73. The van der Waals surface area contributed by atoms with E-state index in [-0.39, 0.29) is 24.0 Å². The molecule has 1 unspecified atom stereocenters. The standard InChI is InChI=1S/C15H32N4.HI/c1-12(2)8-17-15(16)18-9-14-6-5-7-19(11-14)10-13(3)4;/h12-14H,5-11H2,1-4H3,(H3,16,17,18);1H. The van der Waals surface area contributed by atoms with Crippen molar-refractivity contribution in [3.8, 4) is 0 Å². The highest BCUT2D eigenvalue weighted by Gasteiger charge is 2.20. The van der Waals surface area contributed by atoms with E-state index in [9.17, 15) is 0 Å². The van der Waals surface area contributed by atoms with Gasteiger partial charge in [-0.25, -0.2) is 0 Å². The second kappa shape index (κ2) is 10.7. The zero-order chi connectivity index (χ0) is 14.3. The summed E-state index contributed by atoms with van der Waals surface area (Å²) in [5.74, 6) is 2.64. The largest absolute Gasteiger partial charge is 0.370 e. The van der Waals surface area contributed by atoms with Crippen molar-refractivity contribution in [1.29, 1.82) is 0 Å². The zero-order valence-electron chi connectivity index (χ0n) is 13.6. The van der Waals surface area contributed by atoms with E-state index in [1.807, 2.05) is 0 Å². The summed E-state index contributed by atoms with van der Waals surface area (Å²) in [7, 11) is 0. The Morgan fingerprint density at radius 2 is 2.00 bits per heavy atom. The lowest BCUT2D eigenvalue weighted by molar-refractivity contribution is 0.159. The number of halogens is 1. The van der Waals surface area contributed by atoms with Crippen molar-refractivity contribution in [2.24, 2.45) is 28.5 Å². The minimum absolute atomic E-state index is 0. The number of nitrogens with two attached hydrogens (primary N) is 1. The smallest absolute Gasteiger partial charge is 0.188 e. The lowest BCUT2D eigenvalue weighted by Crippen LogP contribution is -2.43. The van der Waals surface area contributed by atoms with Crippen LogP contribution in [0.3, 0.4) is 0 Å². The summed E-state index contributed by atoms with van der Waals surface area (Å²) in [5, 5.41) is 3.28. The van der Waals surface area contributed by atoms with Crippen molar-refractivity contribution in [3.05, 3.63) is 0 Å². The second-order valence-corrected chi connectivity index (χ2v) is 6.66. The molecule has 0 bridgehead atoms. The third-order valence-electron chi connectivity index (χ3n) is 3.43. The summed E-state index contributed by atoms with van der Waals surface area (Å²) < 4.78 is 0. The van der Waals surface area contributed by atoms with E-state index in [1.165, 1.54) is 32.5 Å². The predicted octanol–water partition coefficient (Wildman–Crippen LogP) is 2.53. The van der Waals surface area contributed by atoms with Gasteiger partial charge in [-0.1, -0.05) is 27.7 Å². The quantitative estimate of drug-likeness (QED) is 0.412. The van der Waals surface area contributed by atoms with Crippen molar-refractivity contribution >= 4 is 29.9 Å². The summed E-state index contributed by atoms with van der Waals surface area (Å²) in [5.41, 5.74) is 5.88. The molecule has 0 aromatic carbocycles. The molecule has 120 valence electrons. The normalized spacial score (nSPS) is 21.1. The first-order valence-corrected chi connectivity index (χ1v) is 7.73. The van der Waals surface area contributed by atoms with Gasteiger partial charge in [0.05, 0.1) is 0 Å². The maximum Gasteiger partial charge on any atom is 0.188 e.